The van der Waals surface area contributed by atoms with Crippen molar-refractivity contribution in [2.24, 2.45) is 5.92 Å². The Morgan fingerprint density at radius 1 is 0.972 bits per heavy atom. The van der Waals surface area contributed by atoms with Crippen LogP contribution in [-0.4, -0.2) is 46.9 Å². The van der Waals surface area contributed by atoms with E-state index in [9.17, 15) is 4.79 Å². The average Bonchev–Trinajstić information content (AvgIpc) is 3.48. The minimum Gasteiger partial charge on any atom is -0.464 e. The van der Waals surface area contributed by atoms with Crippen LogP contribution < -0.4 is 0 Å². The monoisotopic (exact) mass is 479 g/mol. The third kappa shape index (κ3) is 5.74. The molecule has 0 N–H and O–H groups in total. The number of furan rings is 1. The molecule has 0 bridgehead atoms. The van der Waals surface area contributed by atoms with Crippen molar-refractivity contribution in [1.29, 1.82) is 0 Å². The smallest absolute Gasteiger partial charge is 0.253 e. The predicted molar refractivity (Wildman–Crippen MR) is 142 cm³/mol. The Morgan fingerprint density at radius 2 is 1.72 bits per heavy atom. The van der Waals surface area contributed by atoms with Gasteiger partial charge in [-0.15, -0.1) is 0 Å². The van der Waals surface area contributed by atoms with Gasteiger partial charge in [0.2, 0.25) is 0 Å². The van der Waals surface area contributed by atoms with Gasteiger partial charge < -0.3 is 9.32 Å². The number of benzene rings is 2. The number of likely N-dealkylation sites (N-methyl/N-ethyl adjacent to an activating group) is 1. The molecule has 5 rings (SSSR count). The highest BCUT2D eigenvalue weighted by molar-refractivity contribution is 5.94. The van der Waals surface area contributed by atoms with E-state index < -0.39 is 0 Å². The highest BCUT2D eigenvalue weighted by atomic mass is 16.3. The van der Waals surface area contributed by atoms with Crippen molar-refractivity contribution in [2.75, 3.05) is 20.1 Å². The summed E-state index contributed by atoms with van der Waals surface area (Å²) in [7, 11) is 2.22. The lowest BCUT2D eigenvalue weighted by molar-refractivity contribution is 0.0603. The van der Waals surface area contributed by atoms with Crippen LogP contribution in [-0.2, 0) is 13.0 Å². The number of hydrogen-bond donors (Lipinski definition) is 0. The minimum absolute atomic E-state index is 0.114. The maximum atomic E-state index is 13.2. The number of carbonyl (C=O) groups excluding carboxylic acids is 1. The summed E-state index contributed by atoms with van der Waals surface area (Å²) in [5, 5.41) is 0. The van der Waals surface area contributed by atoms with Crippen LogP contribution in [0.4, 0.5) is 0 Å². The molecular formula is C31H33N3O2. The zero-order valence-electron chi connectivity index (χ0n) is 20.8. The lowest BCUT2D eigenvalue weighted by Crippen LogP contribution is -2.46. The molecule has 1 aliphatic rings. The van der Waals surface area contributed by atoms with E-state index in [1.54, 1.807) is 6.26 Å². The van der Waals surface area contributed by atoms with E-state index in [1.165, 1.54) is 11.1 Å². The second kappa shape index (κ2) is 11.4. The molecule has 36 heavy (non-hydrogen) atoms. The summed E-state index contributed by atoms with van der Waals surface area (Å²) in [6.07, 6.45) is 8.45. The van der Waals surface area contributed by atoms with Crippen LogP contribution in [0.15, 0.2) is 102 Å². The van der Waals surface area contributed by atoms with E-state index in [0.29, 0.717) is 12.0 Å². The summed E-state index contributed by atoms with van der Waals surface area (Å²) in [6.45, 7) is 2.44. The Balaban J connectivity index is 1.24. The number of pyridine rings is 1. The normalized spacial score (nSPS) is 15.2. The molecule has 184 valence electrons. The minimum atomic E-state index is 0.114. The molecule has 0 spiro atoms. The summed E-state index contributed by atoms with van der Waals surface area (Å²) in [5.74, 6) is 1.45. The fraction of sp³-hybridized carbons (Fsp3) is 0.290. The number of carbonyl (C=O) groups is 1. The van der Waals surface area contributed by atoms with Crippen LogP contribution in [0.25, 0.3) is 11.3 Å². The zero-order chi connectivity index (χ0) is 24.7. The molecule has 0 aliphatic carbocycles. The summed E-state index contributed by atoms with van der Waals surface area (Å²) >= 11 is 0. The fourth-order valence-corrected chi connectivity index (χ4v) is 5.32. The van der Waals surface area contributed by atoms with Crippen molar-refractivity contribution < 1.29 is 9.21 Å². The standard InChI is InChI=1S/C31H33N3O2/c1-33(23-25-9-5-17-32-22-25)29(21-24-7-3-2-4-8-24)26-15-18-34(19-16-26)31(35)28-13-11-27(12-14-28)30-10-6-20-36-30/h2-14,17,20,22,26,29H,15-16,18-19,21,23H2,1H3. The molecule has 5 nitrogen and oxygen atoms in total. The third-order valence-corrected chi connectivity index (χ3v) is 7.32. The molecule has 1 aliphatic heterocycles. The van der Waals surface area contributed by atoms with Gasteiger partial charge in [0.05, 0.1) is 6.26 Å². The molecule has 0 saturated carbocycles. The van der Waals surface area contributed by atoms with Crippen LogP contribution in [0.5, 0.6) is 0 Å². The number of rotatable bonds is 8. The van der Waals surface area contributed by atoms with Gasteiger partial charge in [-0.05, 0) is 73.7 Å². The molecule has 1 saturated heterocycles. The molecule has 2 aromatic heterocycles. The van der Waals surface area contributed by atoms with Crippen LogP contribution in [0.1, 0.15) is 34.3 Å². The molecule has 1 atom stereocenters. The maximum absolute atomic E-state index is 13.2. The summed E-state index contributed by atoms with van der Waals surface area (Å²) in [5.41, 5.74) is 4.30. The van der Waals surface area contributed by atoms with Gasteiger partial charge >= 0.3 is 0 Å². The second-order valence-corrected chi connectivity index (χ2v) is 9.72. The van der Waals surface area contributed by atoms with Gasteiger partial charge in [-0.2, -0.15) is 0 Å². The number of piperidine rings is 1. The molecule has 2 aromatic carbocycles. The molecule has 4 aromatic rings. The van der Waals surface area contributed by atoms with Crippen molar-refractivity contribution >= 4 is 5.91 Å². The van der Waals surface area contributed by atoms with Gasteiger partial charge in [0, 0.05) is 49.2 Å². The first-order chi connectivity index (χ1) is 17.7. The Kier molecular flexibility index (Phi) is 7.58. The van der Waals surface area contributed by atoms with E-state index in [2.05, 4.69) is 53.3 Å². The Morgan fingerprint density at radius 3 is 2.39 bits per heavy atom. The average molecular weight is 480 g/mol. The van der Waals surface area contributed by atoms with Crippen LogP contribution in [0.3, 0.4) is 0 Å². The molecule has 1 unspecified atom stereocenters. The SMILES string of the molecule is CN(Cc1cccnc1)C(Cc1ccccc1)C1CCN(C(=O)c2ccc(-c3ccco3)cc2)CC1. The van der Waals surface area contributed by atoms with Gasteiger partial charge in [-0.25, -0.2) is 0 Å². The summed E-state index contributed by atoms with van der Waals surface area (Å²) in [4.78, 5) is 22.0. The first kappa shape index (κ1) is 24.0. The number of hydrogen-bond acceptors (Lipinski definition) is 4. The van der Waals surface area contributed by atoms with Crippen LogP contribution in [0.2, 0.25) is 0 Å². The van der Waals surface area contributed by atoms with Crippen molar-refractivity contribution in [3.63, 3.8) is 0 Å². The van der Waals surface area contributed by atoms with Crippen molar-refractivity contribution in [2.45, 2.75) is 31.8 Å². The van der Waals surface area contributed by atoms with E-state index >= 15 is 0 Å². The number of nitrogens with zero attached hydrogens (tertiary/aromatic N) is 3. The summed E-state index contributed by atoms with van der Waals surface area (Å²) in [6, 6.07) is 26.8. The van der Waals surface area contributed by atoms with E-state index in [0.717, 1.165) is 55.8 Å². The third-order valence-electron chi connectivity index (χ3n) is 7.32. The molecule has 1 fully saturated rings. The van der Waals surface area contributed by atoms with Crippen LogP contribution >= 0.6 is 0 Å². The highest BCUT2D eigenvalue weighted by Crippen LogP contribution is 2.28. The van der Waals surface area contributed by atoms with Gasteiger partial charge in [-0.1, -0.05) is 48.5 Å². The largest absolute Gasteiger partial charge is 0.464 e. The van der Waals surface area contributed by atoms with Crippen LogP contribution in [0, 0.1) is 5.92 Å². The molecular weight excluding hydrogens is 446 g/mol. The van der Waals surface area contributed by atoms with Crippen molar-refractivity contribution in [1.82, 2.24) is 14.8 Å². The molecule has 5 heteroatoms. The maximum Gasteiger partial charge on any atom is 0.253 e. The predicted octanol–water partition coefficient (Wildman–Crippen LogP) is 5.94. The Bertz CT molecular complexity index is 1220. The molecule has 0 radical (unpaired) electrons. The zero-order valence-corrected chi connectivity index (χ0v) is 20.8. The number of aromatic nitrogens is 1. The van der Waals surface area contributed by atoms with Crippen molar-refractivity contribution in [3.8, 4) is 11.3 Å². The van der Waals surface area contributed by atoms with Crippen molar-refractivity contribution in [3.05, 3.63) is 114 Å². The number of likely N-dealkylation sites (tertiary alicyclic amines) is 1. The Labute approximate surface area is 213 Å². The Hall–Kier alpha value is -3.70. The topological polar surface area (TPSA) is 49.6 Å². The van der Waals surface area contributed by atoms with Gasteiger partial charge in [0.15, 0.2) is 0 Å². The lowest BCUT2D eigenvalue weighted by Gasteiger charge is -2.40. The lowest BCUT2D eigenvalue weighted by atomic mass is 9.84. The summed E-state index contributed by atoms with van der Waals surface area (Å²) < 4.78 is 5.47. The molecule has 1 amide bonds. The molecule has 3 heterocycles. The van der Waals surface area contributed by atoms with E-state index in [-0.39, 0.29) is 5.91 Å². The highest BCUT2D eigenvalue weighted by Gasteiger charge is 2.31. The quantitative estimate of drug-likeness (QED) is 0.314. The first-order valence-corrected chi connectivity index (χ1v) is 12.7. The number of amides is 1. The van der Waals surface area contributed by atoms with Gasteiger partial charge in [-0.3, -0.25) is 14.7 Å². The second-order valence-electron chi connectivity index (χ2n) is 9.72. The first-order valence-electron chi connectivity index (χ1n) is 12.7. The van der Waals surface area contributed by atoms with Gasteiger partial charge in [0.1, 0.15) is 5.76 Å². The van der Waals surface area contributed by atoms with E-state index in [4.69, 9.17) is 4.42 Å². The van der Waals surface area contributed by atoms with E-state index in [1.807, 2.05) is 59.8 Å². The van der Waals surface area contributed by atoms with Gasteiger partial charge in [0.25, 0.3) is 5.91 Å². The fourth-order valence-electron chi connectivity index (χ4n) is 5.32.